The number of rotatable bonds is 3. The third-order valence-electron chi connectivity index (χ3n) is 6.25. The zero-order valence-corrected chi connectivity index (χ0v) is 16.8. The maximum Gasteiger partial charge on any atom is 0.224 e. The zero-order valence-electron chi connectivity index (χ0n) is 16.8. The maximum absolute atomic E-state index is 13.3. The highest BCUT2D eigenvalue weighted by Crippen LogP contribution is 2.43. The number of benzene rings is 2. The average molecular weight is 390 g/mol. The summed E-state index contributed by atoms with van der Waals surface area (Å²) in [7, 11) is 0. The van der Waals surface area contributed by atoms with Crippen LogP contribution in [0.3, 0.4) is 0 Å². The van der Waals surface area contributed by atoms with Gasteiger partial charge in [0.1, 0.15) is 17.5 Å². The van der Waals surface area contributed by atoms with Crippen LogP contribution in [0.1, 0.15) is 61.8 Å². The summed E-state index contributed by atoms with van der Waals surface area (Å²) < 4.78 is 5.95. The number of aliphatic hydroxyl groups excluding tert-OH is 1. The number of nitrogens with zero attached hydrogens (tertiary/aromatic N) is 1. The van der Waals surface area contributed by atoms with Crippen LogP contribution < -0.4 is 10.1 Å². The molecule has 4 unspecified atom stereocenters. The smallest absolute Gasteiger partial charge is 0.224 e. The molecule has 0 spiro atoms. The van der Waals surface area contributed by atoms with Gasteiger partial charge in [-0.25, -0.2) is 0 Å². The van der Waals surface area contributed by atoms with E-state index in [0.29, 0.717) is 16.9 Å². The van der Waals surface area contributed by atoms with E-state index < -0.39 is 17.7 Å². The molecule has 1 aliphatic carbocycles. The van der Waals surface area contributed by atoms with E-state index in [2.05, 4.69) is 23.5 Å². The van der Waals surface area contributed by atoms with Crippen molar-refractivity contribution in [3.05, 3.63) is 65.2 Å². The summed E-state index contributed by atoms with van der Waals surface area (Å²) in [5, 5.41) is 23.3. The number of fused-ring (bicyclic) bond motifs is 1. The van der Waals surface area contributed by atoms with E-state index in [9.17, 15) is 15.2 Å². The predicted octanol–water partition coefficient (Wildman–Crippen LogP) is 3.83. The fraction of sp³-hybridized carbons (Fsp3) is 0.417. The van der Waals surface area contributed by atoms with Crippen molar-refractivity contribution in [3.8, 4) is 11.8 Å². The normalized spacial score (nSPS) is 27.4. The van der Waals surface area contributed by atoms with Gasteiger partial charge in [0.05, 0.1) is 17.7 Å². The van der Waals surface area contributed by atoms with E-state index in [1.165, 1.54) is 5.56 Å². The first-order valence-electron chi connectivity index (χ1n) is 10.2. The van der Waals surface area contributed by atoms with E-state index in [0.717, 1.165) is 19.3 Å². The minimum Gasteiger partial charge on any atom is -0.485 e. The zero-order chi connectivity index (χ0) is 20.6. The van der Waals surface area contributed by atoms with Gasteiger partial charge in [-0.3, -0.25) is 4.79 Å². The first-order chi connectivity index (χ1) is 13.9. The Kier molecular flexibility index (Phi) is 5.06. The Morgan fingerprint density at radius 1 is 1.21 bits per heavy atom. The number of carbonyl (C=O) groups is 1. The van der Waals surface area contributed by atoms with E-state index in [-0.39, 0.29) is 17.7 Å². The summed E-state index contributed by atoms with van der Waals surface area (Å²) in [5.74, 6) is 0.603. The molecule has 29 heavy (non-hydrogen) atoms. The van der Waals surface area contributed by atoms with Crippen molar-refractivity contribution in [2.24, 2.45) is 5.92 Å². The number of amides is 1. The van der Waals surface area contributed by atoms with Crippen LogP contribution in [-0.2, 0) is 4.79 Å². The van der Waals surface area contributed by atoms with Crippen molar-refractivity contribution in [2.75, 3.05) is 0 Å². The van der Waals surface area contributed by atoms with Crippen LogP contribution >= 0.6 is 0 Å². The van der Waals surface area contributed by atoms with Crippen LogP contribution in [0.25, 0.3) is 0 Å². The van der Waals surface area contributed by atoms with E-state index in [1.54, 1.807) is 32.0 Å². The van der Waals surface area contributed by atoms with Crippen LogP contribution in [0.15, 0.2) is 48.5 Å². The number of nitriles is 1. The fourth-order valence-corrected chi connectivity index (χ4v) is 4.66. The number of nitrogens with one attached hydrogen (secondary N) is 1. The van der Waals surface area contributed by atoms with Gasteiger partial charge < -0.3 is 15.2 Å². The first-order valence-corrected chi connectivity index (χ1v) is 10.2. The molecule has 1 amide bonds. The van der Waals surface area contributed by atoms with Gasteiger partial charge in [-0.15, -0.1) is 0 Å². The molecule has 2 aliphatic rings. The Labute approximate surface area is 171 Å². The second kappa shape index (κ2) is 7.53. The summed E-state index contributed by atoms with van der Waals surface area (Å²) in [5.41, 5.74) is 1.46. The lowest BCUT2D eigenvalue weighted by Crippen LogP contribution is -2.54. The number of hydrogen-bond acceptors (Lipinski definition) is 4. The molecule has 1 heterocycles. The Balaban J connectivity index is 1.62. The minimum atomic E-state index is -0.926. The Bertz CT molecular complexity index is 948. The number of aliphatic hydroxyl groups is 1. The van der Waals surface area contributed by atoms with Crippen molar-refractivity contribution >= 4 is 5.91 Å². The molecule has 150 valence electrons. The highest BCUT2D eigenvalue weighted by molar-refractivity contribution is 5.81. The van der Waals surface area contributed by atoms with Crippen molar-refractivity contribution in [2.45, 2.75) is 56.8 Å². The third kappa shape index (κ3) is 3.61. The average Bonchev–Trinajstić information content (AvgIpc) is 3.21. The molecule has 1 fully saturated rings. The molecule has 2 N–H and O–H groups in total. The topological polar surface area (TPSA) is 82.3 Å². The highest BCUT2D eigenvalue weighted by Gasteiger charge is 2.45. The van der Waals surface area contributed by atoms with Gasteiger partial charge in [0.25, 0.3) is 0 Å². The van der Waals surface area contributed by atoms with Gasteiger partial charge in [-0.1, -0.05) is 36.8 Å². The van der Waals surface area contributed by atoms with Gasteiger partial charge in [0, 0.05) is 11.5 Å². The molecule has 5 heteroatoms. The van der Waals surface area contributed by atoms with Crippen LogP contribution in [0.4, 0.5) is 0 Å². The molecule has 0 radical (unpaired) electrons. The molecule has 1 saturated carbocycles. The Hall–Kier alpha value is -2.84. The van der Waals surface area contributed by atoms with Crippen LogP contribution in [-0.4, -0.2) is 22.7 Å². The number of ether oxygens (including phenoxy) is 1. The molecular formula is C24H26N2O3. The SMILES string of the molecule is CC1(C)Oc2ccc(C#N)cc2C(NC(=O)C2CCCC2c2ccccc2)C1O. The number of carbonyl (C=O) groups excluding carboxylic acids is 1. The lowest BCUT2D eigenvalue weighted by molar-refractivity contribution is -0.129. The van der Waals surface area contributed by atoms with Gasteiger partial charge >= 0.3 is 0 Å². The van der Waals surface area contributed by atoms with Crippen molar-refractivity contribution in [3.63, 3.8) is 0 Å². The lowest BCUT2D eigenvalue weighted by atomic mass is 9.84. The van der Waals surface area contributed by atoms with Crippen LogP contribution in [0.2, 0.25) is 0 Å². The molecule has 0 saturated heterocycles. The predicted molar refractivity (Wildman–Crippen MR) is 109 cm³/mol. The second-order valence-electron chi connectivity index (χ2n) is 8.56. The minimum absolute atomic E-state index is 0.0496. The lowest BCUT2D eigenvalue weighted by Gasteiger charge is -2.42. The standard InChI is InChI=1S/C24H26N2O3/c1-24(2)22(27)21(19-13-15(14-25)11-12-20(19)29-24)26-23(28)18-10-6-9-17(18)16-7-4-3-5-8-16/h3-5,7-8,11-13,17-18,21-22,27H,6,9-10H2,1-2H3,(H,26,28). The highest BCUT2D eigenvalue weighted by atomic mass is 16.5. The maximum atomic E-state index is 13.3. The van der Waals surface area contributed by atoms with Gasteiger partial charge in [0.2, 0.25) is 5.91 Å². The van der Waals surface area contributed by atoms with E-state index in [4.69, 9.17) is 4.74 Å². The molecule has 1 aliphatic heterocycles. The quantitative estimate of drug-likeness (QED) is 0.834. The van der Waals surface area contributed by atoms with Crippen molar-refractivity contribution in [1.82, 2.24) is 5.32 Å². The largest absolute Gasteiger partial charge is 0.485 e. The summed E-state index contributed by atoms with van der Waals surface area (Å²) >= 11 is 0. The first kappa shape index (κ1) is 19.5. The van der Waals surface area contributed by atoms with E-state index in [1.807, 2.05) is 18.2 Å². The van der Waals surface area contributed by atoms with Gasteiger partial charge in [-0.05, 0) is 56.4 Å². The molecule has 5 nitrogen and oxygen atoms in total. The van der Waals surface area contributed by atoms with Gasteiger partial charge in [0.15, 0.2) is 0 Å². The van der Waals surface area contributed by atoms with Crippen LogP contribution in [0, 0.1) is 17.2 Å². The third-order valence-corrected chi connectivity index (χ3v) is 6.25. The molecular weight excluding hydrogens is 364 g/mol. The molecule has 2 aromatic carbocycles. The van der Waals surface area contributed by atoms with Crippen molar-refractivity contribution < 1.29 is 14.6 Å². The molecule has 0 bridgehead atoms. The monoisotopic (exact) mass is 390 g/mol. The molecule has 4 atom stereocenters. The van der Waals surface area contributed by atoms with E-state index >= 15 is 0 Å². The molecule has 2 aromatic rings. The van der Waals surface area contributed by atoms with Crippen LogP contribution in [0.5, 0.6) is 5.75 Å². The Morgan fingerprint density at radius 2 is 1.97 bits per heavy atom. The summed E-state index contributed by atoms with van der Waals surface area (Å²) in [4.78, 5) is 13.3. The number of hydrogen-bond donors (Lipinski definition) is 2. The summed E-state index contributed by atoms with van der Waals surface area (Å²) in [6.07, 6.45) is 1.90. The summed E-state index contributed by atoms with van der Waals surface area (Å²) in [6, 6.07) is 16.8. The molecule has 0 aromatic heterocycles. The fourth-order valence-electron chi connectivity index (χ4n) is 4.66. The Morgan fingerprint density at radius 3 is 2.69 bits per heavy atom. The summed E-state index contributed by atoms with van der Waals surface area (Å²) in [6.45, 7) is 3.61. The van der Waals surface area contributed by atoms with Crippen molar-refractivity contribution in [1.29, 1.82) is 5.26 Å². The molecule has 4 rings (SSSR count). The second-order valence-corrected chi connectivity index (χ2v) is 8.56. The van der Waals surface area contributed by atoms with Gasteiger partial charge in [-0.2, -0.15) is 5.26 Å².